The molecule has 19 heavy (non-hydrogen) atoms. The summed E-state index contributed by atoms with van der Waals surface area (Å²) in [5.74, 6) is 0. The summed E-state index contributed by atoms with van der Waals surface area (Å²) in [6.45, 7) is 21.6. The van der Waals surface area contributed by atoms with Gasteiger partial charge in [-0.2, -0.15) is 0 Å². The summed E-state index contributed by atoms with van der Waals surface area (Å²) >= 11 is 0. The largest absolute Gasteiger partial charge is 0.454 e. The van der Waals surface area contributed by atoms with Gasteiger partial charge in [-0.3, -0.25) is 0 Å². The number of hydrogen-bond acceptors (Lipinski definition) is 4. The second-order valence-electron chi connectivity index (χ2n) is 7.43. The van der Waals surface area contributed by atoms with E-state index in [0.29, 0.717) is 0 Å². The lowest BCUT2D eigenvalue weighted by Gasteiger charge is -2.35. The molecular formula is C10H32O4Si5. The van der Waals surface area contributed by atoms with E-state index in [1.807, 2.05) is 0 Å². The Morgan fingerprint density at radius 2 is 0.947 bits per heavy atom. The summed E-state index contributed by atoms with van der Waals surface area (Å²) in [6.07, 6.45) is 0. The van der Waals surface area contributed by atoms with Crippen LogP contribution in [0, 0.1) is 0 Å². The van der Waals surface area contributed by atoms with Gasteiger partial charge in [0.2, 0.25) is 0 Å². The lowest BCUT2D eigenvalue weighted by molar-refractivity contribution is 0.269. The van der Waals surface area contributed by atoms with Gasteiger partial charge in [0.25, 0.3) is 0 Å². The maximum atomic E-state index is 6.22. The molecule has 0 bridgehead atoms. The molecule has 0 aromatic carbocycles. The molecule has 0 aliphatic heterocycles. The fourth-order valence-corrected chi connectivity index (χ4v) is 15.1. The van der Waals surface area contributed by atoms with E-state index in [-0.39, 0.29) is 0 Å². The molecule has 0 aromatic rings. The van der Waals surface area contributed by atoms with Gasteiger partial charge in [-0.15, -0.1) is 0 Å². The molecule has 0 saturated heterocycles. The fourth-order valence-electron chi connectivity index (χ4n) is 1.48. The minimum Gasteiger partial charge on any atom is -0.439 e. The molecule has 0 aliphatic carbocycles. The standard InChI is InChI=1S/C10H32O4Si5/c1-15(2)11-19(9,10)14-16(12-17(3,4)5)13-18(6,7)8/h15-16H,1-10H3. The summed E-state index contributed by atoms with van der Waals surface area (Å²) in [6, 6.07) is 0. The third-order valence-electron chi connectivity index (χ3n) is 1.80. The predicted octanol–water partition coefficient (Wildman–Crippen LogP) is 3.13. The van der Waals surface area contributed by atoms with Crippen molar-refractivity contribution in [2.45, 2.75) is 65.5 Å². The van der Waals surface area contributed by atoms with Crippen molar-refractivity contribution in [3.63, 3.8) is 0 Å². The molecule has 116 valence electrons. The quantitative estimate of drug-likeness (QED) is 0.626. The van der Waals surface area contributed by atoms with Crippen LogP contribution in [0.25, 0.3) is 0 Å². The highest BCUT2D eigenvalue weighted by molar-refractivity contribution is 6.83. The molecule has 0 rings (SSSR count). The summed E-state index contributed by atoms with van der Waals surface area (Å²) < 4.78 is 24.6. The molecule has 0 N–H and O–H groups in total. The second kappa shape index (κ2) is 7.27. The van der Waals surface area contributed by atoms with E-state index in [2.05, 4.69) is 65.5 Å². The Labute approximate surface area is 126 Å². The highest BCUT2D eigenvalue weighted by Gasteiger charge is 2.37. The molecule has 0 aromatic heterocycles. The fraction of sp³-hybridized carbons (Fsp3) is 1.00. The summed E-state index contributed by atoms with van der Waals surface area (Å²) in [5, 5.41) is 0. The molecule has 4 nitrogen and oxygen atoms in total. The zero-order chi connectivity index (χ0) is 15.5. The highest BCUT2D eigenvalue weighted by atomic mass is 28.5. The van der Waals surface area contributed by atoms with Gasteiger partial charge in [-0.25, -0.2) is 0 Å². The lowest BCUT2D eigenvalue weighted by atomic mass is 11.8. The second-order valence-corrected chi connectivity index (χ2v) is 25.1. The normalized spacial score (nSPS) is 14.5. The zero-order valence-corrected chi connectivity index (χ0v) is 19.6. The molecule has 0 unspecified atom stereocenters. The predicted molar refractivity (Wildman–Crippen MR) is 94.5 cm³/mol. The zero-order valence-electron chi connectivity index (χ0n) is 14.3. The van der Waals surface area contributed by atoms with Crippen molar-refractivity contribution in [1.82, 2.24) is 0 Å². The van der Waals surface area contributed by atoms with Gasteiger partial charge >= 0.3 is 18.1 Å². The molecule has 0 amide bonds. The molecule has 0 fully saturated rings. The van der Waals surface area contributed by atoms with Crippen molar-refractivity contribution in [3.8, 4) is 0 Å². The van der Waals surface area contributed by atoms with E-state index in [4.69, 9.17) is 16.5 Å². The third kappa shape index (κ3) is 12.4. The van der Waals surface area contributed by atoms with Crippen molar-refractivity contribution in [1.29, 1.82) is 0 Å². The first-order valence-electron chi connectivity index (χ1n) is 6.91. The van der Waals surface area contributed by atoms with Crippen LogP contribution < -0.4 is 0 Å². The SMILES string of the molecule is C[SiH](C)O[Si](C)(C)O[SiH](O[Si](C)(C)C)O[Si](C)(C)C. The van der Waals surface area contributed by atoms with Gasteiger partial charge in [0.05, 0.1) is 0 Å². The van der Waals surface area contributed by atoms with Crippen LogP contribution in [-0.2, 0) is 16.5 Å². The van der Waals surface area contributed by atoms with Gasteiger partial charge in [0.1, 0.15) is 0 Å². The molecule has 0 saturated carbocycles. The topological polar surface area (TPSA) is 36.9 Å². The van der Waals surface area contributed by atoms with Crippen LogP contribution in [0.4, 0.5) is 0 Å². The first-order chi connectivity index (χ1) is 8.20. The lowest BCUT2D eigenvalue weighted by Crippen LogP contribution is -2.52. The van der Waals surface area contributed by atoms with Gasteiger partial charge in [-0.05, 0) is 65.5 Å². The van der Waals surface area contributed by atoms with Crippen LogP contribution in [0.3, 0.4) is 0 Å². The Balaban J connectivity index is 4.75. The van der Waals surface area contributed by atoms with Crippen molar-refractivity contribution in [2.24, 2.45) is 0 Å². The van der Waals surface area contributed by atoms with E-state index in [1.165, 1.54) is 0 Å². The summed E-state index contributed by atoms with van der Waals surface area (Å²) in [7, 11) is -8.58. The van der Waals surface area contributed by atoms with Crippen molar-refractivity contribution in [2.75, 3.05) is 0 Å². The van der Waals surface area contributed by atoms with Crippen LogP contribution in [-0.4, -0.2) is 43.8 Å². The smallest absolute Gasteiger partial charge is 0.439 e. The highest BCUT2D eigenvalue weighted by Crippen LogP contribution is 2.17. The van der Waals surface area contributed by atoms with Crippen LogP contribution in [0.2, 0.25) is 65.5 Å². The Morgan fingerprint density at radius 3 is 1.21 bits per heavy atom. The molecule has 9 heteroatoms. The molecule has 0 radical (unpaired) electrons. The van der Waals surface area contributed by atoms with Gasteiger partial charge < -0.3 is 16.5 Å². The van der Waals surface area contributed by atoms with Gasteiger partial charge in [-0.1, -0.05) is 0 Å². The Morgan fingerprint density at radius 1 is 0.579 bits per heavy atom. The monoisotopic (exact) mass is 356 g/mol. The average molecular weight is 357 g/mol. The van der Waals surface area contributed by atoms with Crippen molar-refractivity contribution in [3.05, 3.63) is 0 Å². The van der Waals surface area contributed by atoms with Crippen molar-refractivity contribution < 1.29 is 16.5 Å². The summed E-state index contributed by atoms with van der Waals surface area (Å²) in [4.78, 5) is 0. The van der Waals surface area contributed by atoms with E-state index in [1.54, 1.807) is 0 Å². The number of rotatable bonds is 8. The van der Waals surface area contributed by atoms with Crippen molar-refractivity contribution >= 4 is 43.8 Å². The first-order valence-corrected chi connectivity index (χ1v) is 20.7. The van der Waals surface area contributed by atoms with Crippen LogP contribution in [0.15, 0.2) is 0 Å². The van der Waals surface area contributed by atoms with E-state index >= 15 is 0 Å². The average Bonchev–Trinajstić information content (AvgIpc) is 1.89. The molecule has 0 aliphatic rings. The maximum Gasteiger partial charge on any atom is 0.454 e. The molecular weight excluding hydrogens is 325 g/mol. The third-order valence-corrected chi connectivity index (χ3v) is 16.2. The minimum absolute atomic E-state index is 1.09. The molecule has 0 spiro atoms. The van der Waals surface area contributed by atoms with E-state index in [9.17, 15) is 0 Å². The van der Waals surface area contributed by atoms with E-state index < -0.39 is 43.8 Å². The summed E-state index contributed by atoms with van der Waals surface area (Å²) in [5.41, 5.74) is 0. The Hall–Kier alpha value is 0.924. The van der Waals surface area contributed by atoms with Gasteiger partial charge in [0, 0.05) is 0 Å². The Kier molecular flexibility index (Phi) is 7.62. The van der Waals surface area contributed by atoms with Gasteiger partial charge in [0.15, 0.2) is 25.7 Å². The molecule has 0 heterocycles. The van der Waals surface area contributed by atoms with Crippen LogP contribution in [0.1, 0.15) is 0 Å². The van der Waals surface area contributed by atoms with E-state index in [0.717, 1.165) is 0 Å². The minimum atomic E-state index is -2.11. The van der Waals surface area contributed by atoms with Crippen LogP contribution in [0.5, 0.6) is 0 Å². The maximum absolute atomic E-state index is 6.22. The van der Waals surface area contributed by atoms with Crippen LogP contribution >= 0.6 is 0 Å². The Bertz CT molecular complexity index is 256. The number of hydrogen-bond donors (Lipinski definition) is 0. The molecule has 0 atom stereocenters. The first kappa shape index (κ1) is 19.9.